The maximum atomic E-state index is 12.7. The van der Waals surface area contributed by atoms with Gasteiger partial charge in [0.15, 0.2) is 0 Å². The van der Waals surface area contributed by atoms with E-state index < -0.39 is 6.61 Å². The van der Waals surface area contributed by atoms with Crippen LogP contribution >= 0.6 is 0 Å². The molecule has 1 amide bonds. The highest BCUT2D eigenvalue weighted by atomic mass is 19.3. The lowest BCUT2D eigenvalue weighted by molar-refractivity contribution is -0.0499. The highest BCUT2D eigenvalue weighted by Gasteiger charge is 2.30. The van der Waals surface area contributed by atoms with Crippen LogP contribution in [0.5, 0.6) is 5.75 Å². The van der Waals surface area contributed by atoms with Gasteiger partial charge in [-0.25, -0.2) is 9.97 Å². The lowest BCUT2D eigenvalue weighted by atomic mass is 10.2. The van der Waals surface area contributed by atoms with E-state index >= 15 is 0 Å². The third-order valence-corrected chi connectivity index (χ3v) is 4.50. The number of ether oxygens (including phenoxy) is 1. The number of benzene rings is 1. The summed E-state index contributed by atoms with van der Waals surface area (Å²) in [6.45, 7) is -1.27. The van der Waals surface area contributed by atoms with Gasteiger partial charge in [-0.05, 0) is 37.7 Å². The number of likely N-dealkylation sites (tertiary alicyclic amines) is 1. The molecule has 1 unspecified atom stereocenters. The fourth-order valence-corrected chi connectivity index (χ4v) is 3.12. The molecule has 0 saturated carbocycles. The number of likely N-dealkylation sites (N-methyl/N-ethyl adjacent to an activating group) is 1. The number of nitrogens with zero attached hydrogens (tertiary/aromatic N) is 4. The van der Waals surface area contributed by atoms with Crippen molar-refractivity contribution in [2.24, 2.45) is 0 Å². The first-order valence-electron chi connectivity index (χ1n) is 8.54. The van der Waals surface area contributed by atoms with Crippen LogP contribution in [0.1, 0.15) is 22.6 Å². The van der Waals surface area contributed by atoms with Crippen molar-refractivity contribution in [3.8, 4) is 5.75 Å². The Morgan fingerprint density at radius 3 is 3.00 bits per heavy atom. The molecule has 1 fully saturated rings. The van der Waals surface area contributed by atoms with Crippen molar-refractivity contribution in [2.45, 2.75) is 25.6 Å². The third kappa shape index (κ3) is 4.88. The summed E-state index contributed by atoms with van der Waals surface area (Å²) in [4.78, 5) is 24.9. The van der Waals surface area contributed by atoms with Gasteiger partial charge in [-0.2, -0.15) is 8.78 Å². The fourth-order valence-electron chi connectivity index (χ4n) is 3.12. The molecule has 1 aromatic heterocycles. The van der Waals surface area contributed by atoms with E-state index in [4.69, 9.17) is 5.73 Å². The summed E-state index contributed by atoms with van der Waals surface area (Å²) in [5, 5.41) is 0. The van der Waals surface area contributed by atoms with Crippen LogP contribution in [0.3, 0.4) is 0 Å². The highest BCUT2D eigenvalue weighted by molar-refractivity contribution is 5.94. The summed E-state index contributed by atoms with van der Waals surface area (Å²) >= 11 is 0. The Hall–Kier alpha value is -2.81. The molecule has 3 rings (SSSR count). The second kappa shape index (κ2) is 8.26. The van der Waals surface area contributed by atoms with Crippen molar-refractivity contribution >= 4 is 11.7 Å². The predicted octanol–water partition coefficient (Wildman–Crippen LogP) is 2.01. The number of halogens is 2. The van der Waals surface area contributed by atoms with Gasteiger partial charge in [0.05, 0.1) is 6.54 Å². The molecule has 7 nitrogen and oxygen atoms in total. The monoisotopic (exact) mass is 377 g/mol. The molecular formula is C18H21F2N5O2. The average molecular weight is 377 g/mol. The molecule has 1 aliphatic heterocycles. The number of aromatic nitrogens is 2. The molecule has 1 saturated heterocycles. The standard InChI is InChI=1S/C18H21F2N5O2/c1-24(11-16-22-7-5-15(21)23-16)13-6-8-25(10-13)17(26)12-3-2-4-14(9-12)27-18(19)20/h2-5,7,9,13,18H,6,8,10-11H2,1H3,(H2,21,22,23). The smallest absolute Gasteiger partial charge is 0.387 e. The van der Waals surface area contributed by atoms with Crippen molar-refractivity contribution in [1.82, 2.24) is 19.8 Å². The zero-order chi connectivity index (χ0) is 19.4. The van der Waals surface area contributed by atoms with E-state index in [0.717, 1.165) is 6.42 Å². The molecule has 2 aromatic rings. The summed E-state index contributed by atoms with van der Waals surface area (Å²) in [7, 11) is 1.95. The Morgan fingerprint density at radius 1 is 1.44 bits per heavy atom. The predicted molar refractivity (Wildman–Crippen MR) is 95.3 cm³/mol. The Kier molecular flexibility index (Phi) is 5.80. The lowest BCUT2D eigenvalue weighted by Crippen LogP contribution is -2.36. The van der Waals surface area contributed by atoms with Gasteiger partial charge in [0.2, 0.25) is 0 Å². The van der Waals surface area contributed by atoms with Gasteiger partial charge in [0.1, 0.15) is 17.4 Å². The first-order chi connectivity index (χ1) is 12.9. The van der Waals surface area contributed by atoms with E-state index in [1.54, 1.807) is 23.2 Å². The topological polar surface area (TPSA) is 84.6 Å². The van der Waals surface area contributed by atoms with E-state index in [1.165, 1.54) is 18.2 Å². The maximum absolute atomic E-state index is 12.7. The Balaban J connectivity index is 1.60. The van der Waals surface area contributed by atoms with Crippen molar-refractivity contribution < 1.29 is 18.3 Å². The zero-order valence-corrected chi connectivity index (χ0v) is 14.9. The molecule has 2 N–H and O–H groups in total. The largest absolute Gasteiger partial charge is 0.435 e. The van der Waals surface area contributed by atoms with Crippen LogP contribution in [0.2, 0.25) is 0 Å². The van der Waals surface area contributed by atoms with Gasteiger partial charge < -0.3 is 15.4 Å². The van der Waals surface area contributed by atoms with Gasteiger partial charge in [-0.15, -0.1) is 0 Å². The Morgan fingerprint density at radius 2 is 2.26 bits per heavy atom. The van der Waals surface area contributed by atoms with Gasteiger partial charge >= 0.3 is 6.61 Å². The average Bonchev–Trinajstić information content (AvgIpc) is 3.11. The normalized spacial score (nSPS) is 16.9. The van der Waals surface area contributed by atoms with Crippen molar-refractivity contribution in [1.29, 1.82) is 0 Å². The highest BCUT2D eigenvalue weighted by Crippen LogP contribution is 2.21. The first-order valence-corrected chi connectivity index (χ1v) is 8.54. The maximum Gasteiger partial charge on any atom is 0.387 e. The number of hydrogen-bond acceptors (Lipinski definition) is 6. The molecule has 0 spiro atoms. The van der Waals surface area contributed by atoms with Crippen molar-refractivity contribution in [3.63, 3.8) is 0 Å². The van der Waals surface area contributed by atoms with Crippen LogP contribution in [-0.2, 0) is 6.54 Å². The molecule has 0 bridgehead atoms. The molecule has 27 heavy (non-hydrogen) atoms. The molecule has 1 atom stereocenters. The van der Waals surface area contributed by atoms with Crippen LogP contribution in [-0.4, -0.2) is 58.5 Å². The zero-order valence-electron chi connectivity index (χ0n) is 14.9. The van der Waals surface area contributed by atoms with E-state index in [2.05, 4.69) is 19.6 Å². The molecule has 0 radical (unpaired) electrons. The second-order valence-electron chi connectivity index (χ2n) is 6.41. The van der Waals surface area contributed by atoms with Crippen LogP contribution in [0.4, 0.5) is 14.6 Å². The van der Waals surface area contributed by atoms with Crippen LogP contribution in [0.15, 0.2) is 36.5 Å². The molecule has 1 aliphatic rings. The van der Waals surface area contributed by atoms with Crippen molar-refractivity contribution in [3.05, 3.63) is 47.9 Å². The number of rotatable bonds is 6. The van der Waals surface area contributed by atoms with Gasteiger partial charge in [-0.3, -0.25) is 9.69 Å². The van der Waals surface area contributed by atoms with Crippen LogP contribution in [0.25, 0.3) is 0 Å². The van der Waals surface area contributed by atoms with E-state index in [9.17, 15) is 13.6 Å². The third-order valence-electron chi connectivity index (χ3n) is 4.50. The quantitative estimate of drug-likeness (QED) is 0.829. The van der Waals surface area contributed by atoms with E-state index in [0.29, 0.717) is 36.8 Å². The van der Waals surface area contributed by atoms with E-state index in [-0.39, 0.29) is 17.7 Å². The molecular weight excluding hydrogens is 356 g/mol. The van der Waals surface area contributed by atoms with Crippen LogP contribution in [0, 0.1) is 0 Å². The summed E-state index contributed by atoms with van der Waals surface area (Å²) < 4.78 is 29.1. The summed E-state index contributed by atoms with van der Waals surface area (Å²) in [5.41, 5.74) is 6.01. The molecule has 9 heteroatoms. The number of hydrogen-bond donors (Lipinski definition) is 1. The number of carbonyl (C=O) groups excluding carboxylic acids is 1. The molecule has 144 valence electrons. The summed E-state index contributed by atoms with van der Waals surface area (Å²) in [5.74, 6) is 0.815. The van der Waals surface area contributed by atoms with Gasteiger partial charge in [0, 0.05) is 30.9 Å². The van der Waals surface area contributed by atoms with Gasteiger partial charge in [-0.1, -0.05) is 6.07 Å². The minimum absolute atomic E-state index is 0.0254. The fraction of sp³-hybridized carbons (Fsp3) is 0.389. The number of alkyl halides is 2. The molecule has 1 aromatic carbocycles. The number of amides is 1. The minimum atomic E-state index is -2.92. The van der Waals surface area contributed by atoms with E-state index in [1.807, 2.05) is 7.05 Å². The minimum Gasteiger partial charge on any atom is -0.435 e. The second-order valence-corrected chi connectivity index (χ2v) is 6.41. The number of anilines is 1. The SMILES string of the molecule is CN(Cc1nccc(N)n1)C1CCN(C(=O)c2cccc(OC(F)F)c2)C1. The molecule has 2 heterocycles. The Bertz CT molecular complexity index is 805. The number of carbonyl (C=O) groups is 1. The number of nitrogens with two attached hydrogens (primary N) is 1. The first kappa shape index (κ1) is 19.0. The summed E-state index contributed by atoms with van der Waals surface area (Å²) in [6.07, 6.45) is 2.42. The Labute approximate surface area is 155 Å². The molecule has 0 aliphatic carbocycles. The number of nitrogen functional groups attached to an aromatic ring is 1. The van der Waals surface area contributed by atoms with Crippen LogP contribution < -0.4 is 10.5 Å². The van der Waals surface area contributed by atoms with Gasteiger partial charge in [0.25, 0.3) is 5.91 Å². The van der Waals surface area contributed by atoms with Crippen molar-refractivity contribution in [2.75, 3.05) is 25.9 Å². The summed E-state index contributed by atoms with van der Waals surface area (Å²) in [6, 6.07) is 7.64. The lowest BCUT2D eigenvalue weighted by Gasteiger charge is -2.24.